The molecule has 0 radical (unpaired) electrons. The number of nitriles is 1. The molecule has 1 saturated heterocycles. The van der Waals surface area contributed by atoms with Crippen molar-refractivity contribution in [2.75, 3.05) is 18.4 Å². The molecule has 1 saturated carbocycles. The van der Waals surface area contributed by atoms with Crippen LogP contribution in [-0.2, 0) is 17.9 Å². The van der Waals surface area contributed by atoms with Gasteiger partial charge >= 0.3 is 0 Å². The highest BCUT2D eigenvalue weighted by atomic mass is 19.3. The molecule has 2 aromatic heterocycles. The molecule has 3 aromatic rings. The molecule has 3 aliphatic heterocycles. The van der Waals surface area contributed by atoms with E-state index in [1.54, 1.807) is 24.5 Å². The monoisotopic (exact) mass is 638 g/mol. The van der Waals surface area contributed by atoms with Gasteiger partial charge in [-0.25, -0.2) is 27.5 Å². The first-order valence-electron chi connectivity index (χ1n) is 16.6. The number of anilines is 1. The van der Waals surface area contributed by atoms with E-state index in [2.05, 4.69) is 21.4 Å². The first-order valence-corrected chi connectivity index (χ1v) is 16.6. The smallest absolute Gasteiger partial charge is 0.278 e. The maximum atomic E-state index is 16.1. The average Bonchev–Trinajstić information content (AvgIpc) is 3.82. The van der Waals surface area contributed by atoms with Gasteiger partial charge in [0.2, 0.25) is 0 Å². The van der Waals surface area contributed by atoms with Gasteiger partial charge in [-0.3, -0.25) is 14.3 Å². The standard InChI is InChI=1S/C35H42F4N6O/c1-21(36)29-11-6-4-5-7-16-45-32-26(19-28(33(45)46)34(20-40)14-15-34)31(42-23(3)43-32)41-22(2)25-9-8-10-27(30(25)37)35(38,39)24-12-17-44(29)18-13-24/h8-10,19,21-22,24,29H,4-7,11-18H2,1-3H3,(H,41,42,43)/t21?,22-,29?/m1/s1. The highest BCUT2D eigenvalue weighted by Crippen LogP contribution is 2.47. The lowest BCUT2D eigenvalue weighted by molar-refractivity contribution is -0.0933. The number of alkyl halides is 3. The van der Waals surface area contributed by atoms with Crippen LogP contribution in [0.5, 0.6) is 0 Å². The van der Waals surface area contributed by atoms with E-state index >= 15 is 13.2 Å². The van der Waals surface area contributed by atoms with Crippen molar-refractivity contribution in [1.82, 2.24) is 19.4 Å². The Labute approximate surface area is 267 Å². The van der Waals surface area contributed by atoms with Gasteiger partial charge in [0.15, 0.2) is 0 Å². The zero-order valence-corrected chi connectivity index (χ0v) is 26.8. The van der Waals surface area contributed by atoms with Crippen molar-refractivity contribution in [1.29, 1.82) is 5.26 Å². The zero-order chi connectivity index (χ0) is 32.8. The fraction of sp³-hybridized carbons (Fsp3) is 0.600. The molecule has 2 fully saturated rings. The summed E-state index contributed by atoms with van der Waals surface area (Å²) in [5, 5.41) is 13.7. The zero-order valence-electron chi connectivity index (χ0n) is 26.8. The van der Waals surface area contributed by atoms with Crippen LogP contribution < -0.4 is 10.9 Å². The third kappa shape index (κ3) is 5.89. The van der Waals surface area contributed by atoms with E-state index in [1.807, 2.05) is 4.90 Å². The van der Waals surface area contributed by atoms with E-state index in [0.29, 0.717) is 73.6 Å². The number of aryl methyl sites for hydroxylation is 2. The fourth-order valence-electron chi connectivity index (χ4n) is 7.50. The Morgan fingerprint density at radius 1 is 1.04 bits per heavy atom. The Balaban J connectivity index is 1.45. The number of hydrogen-bond acceptors (Lipinski definition) is 6. The number of aromatic nitrogens is 3. The lowest BCUT2D eigenvalue weighted by Gasteiger charge is -2.40. The van der Waals surface area contributed by atoms with E-state index in [9.17, 15) is 14.4 Å². The molecule has 7 rings (SSSR count). The second-order valence-corrected chi connectivity index (χ2v) is 13.5. The molecule has 3 atom stereocenters. The third-order valence-electron chi connectivity index (χ3n) is 10.4. The molecule has 4 aliphatic rings. The molecule has 1 aliphatic carbocycles. The van der Waals surface area contributed by atoms with Crippen molar-refractivity contribution < 1.29 is 17.6 Å². The van der Waals surface area contributed by atoms with Crippen LogP contribution >= 0.6 is 0 Å². The molecule has 2 unspecified atom stereocenters. The van der Waals surface area contributed by atoms with Crippen molar-refractivity contribution >= 4 is 16.9 Å². The van der Waals surface area contributed by atoms with Gasteiger partial charge in [-0.15, -0.1) is 0 Å². The lowest BCUT2D eigenvalue weighted by atomic mass is 9.84. The Morgan fingerprint density at radius 2 is 1.76 bits per heavy atom. The Hall–Kier alpha value is -3.52. The molecule has 8 bridgehead atoms. The van der Waals surface area contributed by atoms with Crippen molar-refractivity contribution in [2.24, 2.45) is 5.92 Å². The maximum Gasteiger partial charge on any atom is 0.278 e. The topological polar surface area (TPSA) is 86.8 Å². The Morgan fingerprint density at radius 3 is 2.43 bits per heavy atom. The van der Waals surface area contributed by atoms with E-state index in [0.717, 1.165) is 25.3 Å². The van der Waals surface area contributed by atoms with Gasteiger partial charge in [0.1, 0.15) is 29.3 Å². The first-order chi connectivity index (χ1) is 22.0. The second-order valence-electron chi connectivity index (χ2n) is 13.5. The summed E-state index contributed by atoms with van der Waals surface area (Å²) in [6.45, 7) is 5.98. The maximum absolute atomic E-state index is 16.1. The molecular weight excluding hydrogens is 596 g/mol. The molecule has 7 nitrogen and oxygen atoms in total. The molecule has 11 heteroatoms. The van der Waals surface area contributed by atoms with Gasteiger partial charge in [0, 0.05) is 29.6 Å². The largest absolute Gasteiger partial charge is 0.363 e. The number of piperidine rings is 1. The van der Waals surface area contributed by atoms with Gasteiger partial charge < -0.3 is 5.32 Å². The van der Waals surface area contributed by atoms with Gasteiger partial charge in [-0.1, -0.05) is 37.5 Å². The normalized spacial score (nSPS) is 26.9. The van der Waals surface area contributed by atoms with E-state index in [4.69, 9.17) is 0 Å². The van der Waals surface area contributed by atoms with Gasteiger partial charge in [0.05, 0.1) is 28.5 Å². The van der Waals surface area contributed by atoms with Gasteiger partial charge in [0.25, 0.3) is 11.5 Å². The van der Waals surface area contributed by atoms with Crippen LogP contribution in [0.25, 0.3) is 11.0 Å². The Kier molecular flexibility index (Phi) is 8.87. The van der Waals surface area contributed by atoms with Crippen LogP contribution in [0.1, 0.15) is 100 Å². The van der Waals surface area contributed by atoms with Crippen LogP contribution in [0.15, 0.2) is 29.1 Å². The number of nitrogens with zero attached hydrogens (tertiary/aromatic N) is 5. The minimum Gasteiger partial charge on any atom is -0.363 e. The number of rotatable bonds is 2. The molecule has 246 valence electrons. The van der Waals surface area contributed by atoms with E-state index in [-0.39, 0.29) is 30.0 Å². The minimum absolute atomic E-state index is 0.0699. The molecule has 0 spiro atoms. The lowest BCUT2D eigenvalue weighted by Crippen LogP contribution is -2.47. The number of benzene rings is 1. The number of fused-ring (bicyclic) bond motifs is 9. The van der Waals surface area contributed by atoms with Crippen molar-refractivity contribution in [3.05, 3.63) is 63.0 Å². The molecule has 46 heavy (non-hydrogen) atoms. The summed E-state index contributed by atoms with van der Waals surface area (Å²) in [5.74, 6) is -4.69. The van der Waals surface area contributed by atoms with Crippen molar-refractivity contribution in [3.63, 3.8) is 0 Å². The second kappa shape index (κ2) is 12.6. The van der Waals surface area contributed by atoms with Crippen molar-refractivity contribution in [3.8, 4) is 6.07 Å². The summed E-state index contributed by atoms with van der Waals surface area (Å²) in [6.07, 6.45) is 4.07. The van der Waals surface area contributed by atoms with Gasteiger partial charge in [-0.2, -0.15) is 5.26 Å². The molecule has 0 amide bonds. The SMILES string of the molecule is Cc1nc2c3cc(C4(C#N)CC4)c(=O)n(c3n1)CCCCCCC(C(C)F)N1CCC(CC1)C(F)(F)c1cccc(c1F)[C@@H](C)N2. The molecule has 5 heterocycles. The number of pyridine rings is 1. The number of hydrogen-bond donors (Lipinski definition) is 1. The third-order valence-corrected chi connectivity index (χ3v) is 10.4. The molecule has 1 N–H and O–H groups in total. The van der Waals surface area contributed by atoms with Crippen LogP contribution in [0.2, 0.25) is 0 Å². The predicted molar refractivity (Wildman–Crippen MR) is 169 cm³/mol. The highest BCUT2D eigenvalue weighted by Gasteiger charge is 2.48. The number of nitrogens with one attached hydrogen (secondary N) is 1. The average molecular weight is 639 g/mol. The minimum atomic E-state index is -3.40. The van der Waals surface area contributed by atoms with E-state index < -0.39 is 40.8 Å². The number of halogens is 4. The summed E-state index contributed by atoms with van der Waals surface area (Å²) in [7, 11) is 0. The fourth-order valence-corrected chi connectivity index (χ4v) is 7.50. The first kappa shape index (κ1) is 32.4. The predicted octanol–water partition coefficient (Wildman–Crippen LogP) is 7.46. The van der Waals surface area contributed by atoms with Crippen molar-refractivity contribution in [2.45, 2.75) is 115 Å². The molecule has 1 aromatic carbocycles. The van der Waals surface area contributed by atoms with Gasteiger partial charge in [-0.05, 0) is 78.5 Å². The quantitative estimate of drug-likeness (QED) is 0.293. The van der Waals surface area contributed by atoms with Crippen LogP contribution in [-0.4, -0.2) is 44.7 Å². The van der Waals surface area contributed by atoms with Crippen LogP contribution in [0, 0.1) is 30.0 Å². The summed E-state index contributed by atoms with van der Waals surface area (Å²) < 4.78 is 64.5. The summed E-state index contributed by atoms with van der Waals surface area (Å²) >= 11 is 0. The van der Waals surface area contributed by atoms with Crippen LogP contribution in [0.3, 0.4) is 0 Å². The Bertz CT molecular complexity index is 1700. The summed E-state index contributed by atoms with van der Waals surface area (Å²) in [6, 6.07) is 6.99. The highest BCUT2D eigenvalue weighted by molar-refractivity contribution is 5.88. The summed E-state index contributed by atoms with van der Waals surface area (Å²) in [4.78, 5) is 25.1. The van der Waals surface area contributed by atoms with E-state index in [1.165, 1.54) is 19.1 Å². The molecular formula is C35H42F4N6O. The van der Waals surface area contributed by atoms with Crippen LogP contribution in [0.4, 0.5) is 23.4 Å². The summed E-state index contributed by atoms with van der Waals surface area (Å²) in [5.41, 5.74) is -0.888.